The minimum absolute atomic E-state index is 0.000949. The first kappa shape index (κ1) is 17.6. The Morgan fingerprint density at radius 1 is 1.15 bits per heavy atom. The van der Waals surface area contributed by atoms with Gasteiger partial charge in [0.1, 0.15) is 5.69 Å². The van der Waals surface area contributed by atoms with E-state index in [9.17, 15) is 9.59 Å². The fraction of sp³-hybridized carbons (Fsp3) is 0.350. The highest BCUT2D eigenvalue weighted by Gasteiger charge is 2.44. The van der Waals surface area contributed by atoms with E-state index in [2.05, 4.69) is 11.1 Å². The van der Waals surface area contributed by atoms with Gasteiger partial charge in [-0.3, -0.25) is 9.59 Å². The summed E-state index contributed by atoms with van der Waals surface area (Å²) in [5.41, 5.74) is 2.01. The molecule has 7 heteroatoms. The second-order valence-corrected chi connectivity index (χ2v) is 7.51. The highest BCUT2D eigenvalue weighted by Crippen LogP contribution is 2.32. The predicted octanol–water partition coefficient (Wildman–Crippen LogP) is 2.86. The van der Waals surface area contributed by atoms with Crippen molar-refractivity contribution in [2.45, 2.75) is 31.3 Å². The highest BCUT2D eigenvalue weighted by atomic mass is 35.5. The van der Waals surface area contributed by atoms with Gasteiger partial charge in [0.15, 0.2) is 0 Å². The summed E-state index contributed by atoms with van der Waals surface area (Å²) < 4.78 is 0. The number of aromatic amines is 1. The first-order valence-electron chi connectivity index (χ1n) is 8.98. The van der Waals surface area contributed by atoms with E-state index in [1.807, 2.05) is 21.9 Å². The monoisotopic (exact) mass is 382 g/mol. The van der Waals surface area contributed by atoms with Gasteiger partial charge in [0.25, 0.3) is 11.8 Å². The lowest BCUT2D eigenvalue weighted by Gasteiger charge is -2.41. The number of rotatable bonds is 3. The van der Waals surface area contributed by atoms with Crippen molar-refractivity contribution < 1.29 is 9.59 Å². The van der Waals surface area contributed by atoms with E-state index in [4.69, 9.17) is 16.9 Å². The number of nitrogens with one attached hydrogen (secondary N) is 1. The number of fused-ring (bicyclic) bond motifs is 2. The van der Waals surface area contributed by atoms with Crippen molar-refractivity contribution in [2.24, 2.45) is 0 Å². The fourth-order valence-corrected chi connectivity index (χ4v) is 4.23. The number of carbonyl (C=O) groups is 2. The molecule has 2 aliphatic heterocycles. The van der Waals surface area contributed by atoms with Gasteiger partial charge < -0.3 is 14.8 Å². The zero-order valence-electron chi connectivity index (χ0n) is 14.7. The van der Waals surface area contributed by atoms with Gasteiger partial charge in [-0.05, 0) is 36.6 Å². The summed E-state index contributed by atoms with van der Waals surface area (Å²) in [7, 11) is 0. The average Bonchev–Trinajstić information content (AvgIpc) is 3.22. The molecule has 0 saturated carbocycles. The van der Waals surface area contributed by atoms with E-state index in [0.717, 1.165) is 18.4 Å². The third-order valence-corrected chi connectivity index (χ3v) is 5.58. The van der Waals surface area contributed by atoms with Gasteiger partial charge in [0, 0.05) is 24.8 Å². The molecule has 2 bridgehead atoms. The van der Waals surface area contributed by atoms with Crippen molar-refractivity contribution in [3.8, 4) is 6.07 Å². The number of nitriles is 1. The molecule has 0 unspecified atom stereocenters. The molecule has 2 atom stereocenters. The van der Waals surface area contributed by atoms with Crippen molar-refractivity contribution in [3.05, 3.63) is 58.4 Å². The molecule has 0 aliphatic carbocycles. The van der Waals surface area contributed by atoms with Crippen LogP contribution in [0.3, 0.4) is 0 Å². The molecule has 27 heavy (non-hydrogen) atoms. The van der Waals surface area contributed by atoms with Crippen LogP contribution in [0.15, 0.2) is 36.5 Å². The first-order chi connectivity index (χ1) is 13.1. The molecule has 6 nitrogen and oxygen atoms in total. The number of halogens is 1. The Kier molecular flexibility index (Phi) is 4.63. The van der Waals surface area contributed by atoms with Crippen LogP contribution in [0.2, 0.25) is 5.02 Å². The van der Waals surface area contributed by atoms with Crippen LogP contribution in [-0.4, -0.2) is 51.8 Å². The van der Waals surface area contributed by atoms with Crippen molar-refractivity contribution >= 4 is 23.4 Å². The molecule has 0 spiro atoms. The highest BCUT2D eigenvalue weighted by molar-refractivity contribution is 6.30. The average molecular weight is 383 g/mol. The second kappa shape index (κ2) is 7.09. The van der Waals surface area contributed by atoms with Gasteiger partial charge in [-0.2, -0.15) is 5.26 Å². The second-order valence-electron chi connectivity index (χ2n) is 7.07. The van der Waals surface area contributed by atoms with Crippen molar-refractivity contribution in [1.82, 2.24) is 14.8 Å². The number of hydrogen-bond donors (Lipinski definition) is 1. The summed E-state index contributed by atoms with van der Waals surface area (Å²) >= 11 is 5.90. The largest absolute Gasteiger partial charge is 0.356 e. The molecule has 138 valence electrons. The van der Waals surface area contributed by atoms with Crippen molar-refractivity contribution in [2.75, 3.05) is 13.1 Å². The standard InChI is InChI=1S/C20H19ClN4O2/c21-15-9-18(23-10-15)20(27)24-11-16-5-6-17(12-24)25(16)19(26)14-3-1-13(2-4-14)7-8-22/h1-4,9-10,16-17,23H,5-7,11-12H2/t16-,17+. The molecular formula is C20H19ClN4O2. The van der Waals surface area contributed by atoms with Crippen molar-refractivity contribution in [1.29, 1.82) is 5.26 Å². The minimum atomic E-state index is -0.0771. The lowest BCUT2D eigenvalue weighted by Crippen LogP contribution is -2.57. The van der Waals surface area contributed by atoms with Crippen LogP contribution in [0.5, 0.6) is 0 Å². The number of amides is 2. The van der Waals surface area contributed by atoms with Crippen LogP contribution in [0.25, 0.3) is 0 Å². The molecule has 4 rings (SSSR count). The maximum atomic E-state index is 13.0. The quantitative estimate of drug-likeness (QED) is 0.886. The maximum absolute atomic E-state index is 13.0. The molecule has 1 aromatic heterocycles. The summed E-state index contributed by atoms with van der Waals surface area (Å²) in [6, 6.07) is 11.0. The smallest absolute Gasteiger partial charge is 0.270 e. The van der Waals surface area contributed by atoms with E-state index in [0.29, 0.717) is 35.8 Å². The number of aromatic nitrogens is 1. The van der Waals surface area contributed by atoms with Crippen LogP contribution < -0.4 is 0 Å². The Bertz CT molecular complexity index is 901. The lowest BCUT2D eigenvalue weighted by molar-refractivity contribution is 0.0357. The predicted molar refractivity (Wildman–Crippen MR) is 100 cm³/mol. The maximum Gasteiger partial charge on any atom is 0.270 e. The van der Waals surface area contributed by atoms with Gasteiger partial charge in [-0.1, -0.05) is 23.7 Å². The SMILES string of the molecule is N#CCc1ccc(C(=O)N2[C@@H]3CC[C@H]2CN(C(=O)c2cc(Cl)c[nH]2)C3)cc1. The van der Waals surface area contributed by atoms with Crippen LogP contribution in [0.1, 0.15) is 39.3 Å². The summed E-state index contributed by atoms with van der Waals surface area (Å²) in [6.45, 7) is 1.06. The topological polar surface area (TPSA) is 80.2 Å². The third-order valence-electron chi connectivity index (χ3n) is 5.37. The summed E-state index contributed by atoms with van der Waals surface area (Å²) in [5.74, 6) is -0.0761. The number of carbonyl (C=O) groups excluding carboxylic acids is 2. The van der Waals surface area contributed by atoms with Crippen molar-refractivity contribution in [3.63, 3.8) is 0 Å². The molecule has 0 radical (unpaired) electrons. The zero-order chi connectivity index (χ0) is 19.0. The number of H-pyrrole nitrogens is 1. The Morgan fingerprint density at radius 3 is 2.37 bits per heavy atom. The van der Waals surface area contributed by atoms with Gasteiger partial charge in [-0.15, -0.1) is 0 Å². The van der Waals surface area contributed by atoms with Gasteiger partial charge in [0.05, 0.1) is 29.6 Å². The molecule has 2 saturated heterocycles. The number of likely N-dealkylation sites (tertiary alicyclic amines) is 1. The Balaban J connectivity index is 1.48. The molecule has 2 aromatic rings. The zero-order valence-corrected chi connectivity index (χ0v) is 15.4. The lowest BCUT2D eigenvalue weighted by atomic mass is 10.1. The minimum Gasteiger partial charge on any atom is -0.356 e. The fourth-order valence-electron chi connectivity index (χ4n) is 4.07. The first-order valence-corrected chi connectivity index (χ1v) is 9.36. The van der Waals surface area contributed by atoms with Crippen LogP contribution in [-0.2, 0) is 6.42 Å². The molecular weight excluding hydrogens is 364 g/mol. The van der Waals surface area contributed by atoms with Crippen LogP contribution in [0, 0.1) is 11.3 Å². The van der Waals surface area contributed by atoms with Crippen LogP contribution in [0.4, 0.5) is 0 Å². The van der Waals surface area contributed by atoms with E-state index < -0.39 is 0 Å². The number of piperazine rings is 1. The summed E-state index contributed by atoms with van der Waals surface area (Å²) in [4.78, 5) is 32.3. The molecule has 1 aromatic carbocycles. The Morgan fingerprint density at radius 2 is 1.81 bits per heavy atom. The van der Waals surface area contributed by atoms with E-state index >= 15 is 0 Å². The molecule has 2 aliphatic rings. The number of benzene rings is 1. The summed E-state index contributed by atoms with van der Waals surface area (Å²) in [5, 5.41) is 9.28. The third kappa shape index (κ3) is 3.31. The van der Waals surface area contributed by atoms with E-state index in [1.54, 1.807) is 24.4 Å². The molecule has 2 amide bonds. The normalized spacial score (nSPS) is 21.2. The molecule has 2 fully saturated rings. The number of nitrogens with zero attached hydrogens (tertiary/aromatic N) is 3. The van der Waals surface area contributed by atoms with Gasteiger partial charge in [0.2, 0.25) is 0 Å². The Hall–Kier alpha value is -2.78. The molecule has 1 N–H and O–H groups in total. The van der Waals surface area contributed by atoms with Gasteiger partial charge in [-0.25, -0.2) is 0 Å². The number of hydrogen-bond acceptors (Lipinski definition) is 3. The molecule has 3 heterocycles. The van der Waals surface area contributed by atoms with E-state index in [1.165, 1.54) is 0 Å². The van der Waals surface area contributed by atoms with E-state index in [-0.39, 0.29) is 23.9 Å². The Labute approximate surface area is 162 Å². The summed E-state index contributed by atoms with van der Waals surface area (Å²) in [6.07, 6.45) is 3.73. The van der Waals surface area contributed by atoms with Crippen LogP contribution >= 0.6 is 11.6 Å². The van der Waals surface area contributed by atoms with Gasteiger partial charge >= 0.3 is 0 Å².